The van der Waals surface area contributed by atoms with Crippen molar-refractivity contribution in [3.8, 4) is 17.0 Å². The van der Waals surface area contributed by atoms with Crippen molar-refractivity contribution < 1.29 is 4.74 Å². The Morgan fingerprint density at radius 2 is 2.16 bits per heavy atom. The molecule has 2 aromatic heterocycles. The fraction of sp³-hybridized carbons (Fsp3) is 0.0833. The number of methoxy groups -OCH3 is 1. The van der Waals surface area contributed by atoms with E-state index in [0.717, 1.165) is 0 Å². The molecule has 1 aromatic carbocycles. The number of aromatic nitrogens is 4. The van der Waals surface area contributed by atoms with E-state index >= 15 is 0 Å². The summed E-state index contributed by atoms with van der Waals surface area (Å²) in [6.45, 7) is 0. The Hall–Kier alpha value is -2.34. The first-order valence-electron chi connectivity index (χ1n) is 5.49. The fourth-order valence-corrected chi connectivity index (χ4v) is 2.10. The molecule has 6 nitrogen and oxygen atoms in total. The summed E-state index contributed by atoms with van der Waals surface area (Å²) in [6.07, 6.45) is 1.38. The highest BCUT2D eigenvalue weighted by Gasteiger charge is 2.15. The third-order valence-corrected chi connectivity index (χ3v) is 3.15. The van der Waals surface area contributed by atoms with Gasteiger partial charge in [0.15, 0.2) is 5.65 Å². The number of hydrogen-bond donors (Lipinski definition) is 2. The van der Waals surface area contributed by atoms with Crippen LogP contribution >= 0.6 is 11.6 Å². The number of hydrogen-bond acceptors (Lipinski definition) is 5. The van der Waals surface area contributed by atoms with Crippen LogP contribution in [0.3, 0.4) is 0 Å². The lowest BCUT2D eigenvalue weighted by Crippen LogP contribution is -1.93. The van der Waals surface area contributed by atoms with Gasteiger partial charge >= 0.3 is 0 Å². The van der Waals surface area contributed by atoms with Crippen LogP contribution in [0.5, 0.6) is 5.75 Å². The van der Waals surface area contributed by atoms with Gasteiger partial charge in [-0.25, -0.2) is 9.97 Å². The Labute approximate surface area is 113 Å². The predicted octanol–water partition coefficient (Wildman–Crippen LogP) is 2.26. The number of anilines is 1. The van der Waals surface area contributed by atoms with Crippen LogP contribution < -0.4 is 10.5 Å². The number of nitrogen functional groups attached to an aromatic ring is 1. The molecular weight excluding hydrogens is 266 g/mol. The molecule has 0 saturated carbocycles. The second-order valence-corrected chi connectivity index (χ2v) is 4.31. The lowest BCUT2D eigenvalue weighted by molar-refractivity contribution is 0.415. The van der Waals surface area contributed by atoms with Crippen molar-refractivity contribution in [3.05, 3.63) is 29.5 Å². The molecule has 3 aromatic rings. The Morgan fingerprint density at radius 3 is 2.95 bits per heavy atom. The molecule has 0 spiro atoms. The fourth-order valence-electron chi connectivity index (χ4n) is 1.89. The molecule has 3 rings (SSSR count). The highest BCUT2D eigenvalue weighted by molar-refractivity contribution is 6.33. The van der Waals surface area contributed by atoms with E-state index in [1.807, 2.05) is 0 Å². The molecular formula is C12H10ClN5O. The zero-order valence-corrected chi connectivity index (χ0v) is 10.8. The molecule has 19 heavy (non-hydrogen) atoms. The van der Waals surface area contributed by atoms with E-state index in [-0.39, 0.29) is 0 Å². The number of halogens is 1. The van der Waals surface area contributed by atoms with Gasteiger partial charge in [0.1, 0.15) is 23.6 Å². The number of nitrogens with two attached hydrogens (primary N) is 1. The molecule has 0 unspecified atom stereocenters. The first-order chi connectivity index (χ1) is 9.20. The first-order valence-corrected chi connectivity index (χ1v) is 5.87. The van der Waals surface area contributed by atoms with Crippen molar-refractivity contribution in [2.75, 3.05) is 12.8 Å². The third-order valence-electron chi connectivity index (χ3n) is 2.82. The number of ether oxygens (including phenoxy) is 1. The van der Waals surface area contributed by atoms with Crippen molar-refractivity contribution in [2.24, 2.45) is 0 Å². The second kappa shape index (κ2) is 4.40. The van der Waals surface area contributed by atoms with Crippen molar-refractivity contribution in [2.45, 2.75) is 0 Å². The van der Waals surface area contributed by atoms with Crippen molar-refractivity contribution in [3.63, 3.8) is 0 Å². The van der Waals surface area contributed by atoms with Crippen molar-refractivity contribution in [1.82, 2.24) is 20.2 Å². The summed E-state index contributed by atoms with van der Waals surface area (Å²) in [6, 6.07) is 5.32. The first kappa shape index (κ1) is 11.7. The summed E-state index contributed by atoms with van der Waals surface area (Å²) in [7, 11) is 1.59. The summed E-state index contributed by atoms with van der Waals surface area (Å²) in [5, 5.41) is 8.23. The van der Waals surface area contributed by atoms with Crippen LogP contribution in [0.25, 0.3) is 22.3 Å². The molecule has 0 atom stereocenters. The summed E-state index contributed by atoms with van der Waals surface area (Å²) >= 11 is 6.21. The van der Waals surface area contributed by atoms with E-state index in [2.05, 4.69) is 20.2 Å². The molecule has 0 bridgehead atoms. The van der Waals surface area contributed by atoms with E-state index in [0.29, 0.717) is 38.9 Å². The van der Waals surface area contributed by atoms with Crippen LogP contribution in [0.4, 0.5) is 5.82 Å². The maximum absolute atomic E-state index is 6.21. The maximum atomic E-state index is 6.21. The molecule has 0 saturated heterocycles. The molecule has 0 amide bonds. The van der Waals surface area contributed by atoms with Gasteiger partial charge in [0.05, 0.1) is 17.5 Å². The van der Waals surface area contributed by atoms with E-state index in [1.165, 1.54) is 6.33 Å². The highest BCUT2D eigenvalue weighted by Crippen LogP contribution is 2.35. The van der Waals surface area contributed by atoms with Crippen molar-refractivity contribution >= 4 is 28.5 Å². The quantitative estimate of drug-likeness (QED) is 0.749. The zero-order chi connectivity index (χ0) is 13.4. The highest BCUT2D eigenvalue weighted by atomic mass is 35.5. The average molecular weight is 276 g/mol. The minimum absolute atomic E-state index is 0.354. The minimum Gasteiger partial charge on any atom is -0.497 e. The number of fused-ring (bicyclic) bond motifs is 1. The van der Waals surface area contributed by atoms with E-state index in [9.17, 15) is 0 Å². The molecule has 0 fully saturated rings. The van der Waals surface area contributed by atoms with E-state index in [1.54, 1.807) is 25.3 Å². The molecule has 96 valence electrons. The number of benzene rings is 1. The molecule has 0 aliphatic carbocycles. The normalized spacial score (nSPS) is 10.8. The Balaban J connectivity index is 2.30. The Bertz CT molecular complexity index is 755. The van der Waals surface area contributed by atoms with E-state index in [4.69, 9.17) is 22.1 Å². The van der Waals surface area contributed by atoms with Crippen LogP contribution in [0, 0.1) is 0 Å². The van der Waals surface area contributed by atoms with Gasteiger partial charge < -0.3 is 10.5 Å². The Kier molecular flexibility index (Phi) is 2.72. The maximum Gasteiger partial charge on any atom is 0.161 e. The number of rotatable bonds is 2. The molecule has 2 heterocycles. The summed E-state index contributed by atoms with van der Waals surface area (Å²) < 4.78 is 5.19. The topological polar surface area (TPSA) is 89.7 Å². The van der Waals surface area contributed by atoms with Gasteiger partial charge in [-0.2, -0.15) is 5.10 Å². The van der Waals surface area contributed by atoms with Gasteiger partial charge in [0.2, 0.25) is 0 Å². The van der Waals surface area contributed by atoms with Crippen LogP contribution in [-0.2, 0) is 0 Å². The van der Waals surface area contributed by atoms with Gasteiger partial charge in [0, 0.05) is 5.56 Å². The average Bonchev–Trinajstić information content (AvgIpc) is 2.85. The van der Waals surface area contributed by atoms with Crippen LogP contribution in [0.1, 0.15) is 0 Å². The van der Waals surface area contributed by atoms with E-state index < -0.39 is 0 Å². The van der Waals surface area contributed by atoms with Gasteiger partial charge in [-0.3, -0.25) is 5.10 Å². The molecule has 0 aliphatic heterocycles. The molecule has 0 aliphatic rings. The van der Waals surface area contributed by atoms with Gasteiger partial charge in [-0.05, 0) is 18.2 Å². The number of aromatic amines is 1. The van der Waals surface area contributed by atoms with Gasteiger partial charge in [-0.15, -0.1) is 0 Å². The summed E-state index contributed by atoms with van der Waals surface area (Å²) in [5.74, 6) is 1.04. The van der Waals surface area contributed by atoms with Crippen LogP contribution in [0.15, 0.2) is 24.5 Å². The van der Waals surface area contributed by atoms with Gasteiger partial charge in [0.25, 0.3) is 0 Å². The standard InChI is InChI=1S/C12H10ClN5O/c1-19-6-2-3-8(13)7(4-6)10-9-11(14)15-5-16-12(9)18-17-10/h2-5H,1H3,(H3,14,15,16,17,18). The number of nitrogens with one attached hydrogen (secondary N) is 1. The third kappa shape index (κ3) is 1.86. The summed E-state index contributed by atoms with van der Waals surface area (Å²) in [4.78, 5) is 8.05. The second-order valence-electron chi connectivity index (χ2n) is 3.90. The smallest absolute Gasteiger partial charge is 0.161 e. The lowest BCUT2D eigenvalue weighted by atomic mass is 10.1. The molecule has 3 N–H and O–H groups in total. The Morgan fingerprint density at radius 1 is 1.32 bits per heavy atom. The molecule has 0 radical (unpaired) electrons. The minimum atomic E-state index is 0.354. The molecule has 7 heteroatoms. The largest absolute Gasteiger partial charge is 0.497 e. The SMILES string of the molecule is COc1ccc(Cl)c(-c2n[nH]c3ncnc(N)c23)c1. The van der Waals surface area contributed by atoms with Crippen LogP contribution in [0.2, 0.25) is 5.02 Å². The zero-order valence-electron chi connectivity index (χ0n) is 10.0. The predicted molar refractivity (Wildman–Crippen MR) is 73.1 cm³/mol. The van der Waals surface area contributed by atoms with Crippen LogP contribution in [-0.4, -0.2) is 27.3 Å². The summed E-state index contributed by atoms with van der Waals surface area (Å²) in [5.41, 5.74) is 7.77. The number of H-pyrrole nitrogens is 1. The van der Waals surface area contributed by atoms with Gasteiger partial charge in [-0.1, -0.05) is 11.6 Å². The number of nitrogens with zero attached hydrogens (tertiary/aromatic N) is 3. The van der Waals surface area contributed by atoms with Crippen molar-refractivity contribution in [1.29, 1.82) is 0 Å². The lowest BCUT2D eigenvalue weighted by Gasteiger charge is -2.05. The monoisotopic (exact) mass is 275 g/mol.